The van der Waals surface area contributed by atoms with Crippen LogP contribution in [0.1, 0.15) is 30.9 Å². The first-order chi connectivity index (χ1) is 17.8. The molecule has 0 bridgehead atoms. The minimum Gasteiger partial charge on any atom is -0.493 e. The molecule has 37 heavy (non-hydrogen) atoms. The summed E-state index contributed by atoms with van der Waals surface area (Å²) < 4.78 is 32.0. The van der Waals surface area contributed by atoms with E-state index in [1.165, 1.54) is 16.7 Å². The maximum atomic E-state index is 13.4. The number of para-hydroxylation sites is 1. The van der Waals surface area contributed by atoms with Crippen molar-refractivity contribution in [2.45, 2.75) is 32.7 Å². The average molecular weight is 554 g/mol. The molecule has 3 heterocycles. The van der Waals surface area contributed by atoms with Gasteiger partial charge in [0.1, 0.15) is 15.8 Å². The Morgan fingerprint density at radius 3 is 2.68 bits per heavy atom. The van der Waals surface area contributed by atoms with E-state index in [0.717, 1.165) is 40.2 Å². The van der Waals surface area contributed by atoms with E-state index < -0.39 is 15.9 Å². The number of hydrogen-bond acceptors (Lipinski definition) is 7. The van der Waals surface area contributed by atoms with Gasteiger partial charge < -0.3 is 4.74 Å². The van der Waals surface area contributed by atoms with Crippen molar-refractivity contribution in [3.05, 3.63) is 70.8 Å². The molecule has 0 aliphatic carbocycles. The van der Waals surface area contributed by atoms with Gasteiger partial charge in [-0.05, 0) is 61.7 Å². The SMILES string of the molecule is CCCOc1ccc(-c2nn(-c3ccccc3)cc2/C=C2\SC(=S)N([C@@H]3CCS(=O)(=O)C3)C2=O)cc1C. The molecule has 0 unspecified atom stereocenters. The second-order valence-electron chi connectivity index (χ2n) is 9.15. The standard InChI is InChI=1S/C27H27N3O4S3/c1-3-12-34-23-10-9-19(14-18(23)2)25-20(16-29(28-25)21-7-5-4-6-8-21)15-24-26(31)30(27(35)36-24)22-11-13-37(32,33)17-22/h4-10,14-16,22H,3,11-13,17H2,1-2H3/b24-15-/t22-/m1/s1. The number of nitrogens with zero attached hydrogens (tertiary/aromatic N) is 3. The molecular formula is C27H27N3O4S3. The fourth-order valence-electron chi connectivity index (χ4n) is 4.52. The summed E-state index contributed by atoms with van der Waals surface area (Å²) in [6.45, 7) is 4.72. The van der Waals surface area contributed by atoms with Crippen molar-refractivity contribution in [3.8, 4) is 22.7 Å². The van der Waals surface area contributed by atoms with Crippen LogP contribution in [-0.4, -0.2) is 57.5 Å². The normalized spacial score (nSPS) is 20.2. The van der Waals surface area contributed by atoms with Crippen LogP contribution in [0, 0.1) is 6.92 Å². The molecule has 0 N–H and O–H groups in total. The minimum absolute atomic E-state index is 0.0460. The van der Waals surface area contributed by atoms with E-state index in [4.69, 9.17) is 22.1 Å². The number of rotatable bonds is 7. The van der Waals surface area contributed by atoms with E-state index in [1.54, 1.807) is 10.8 Å². The molecule has 0 radical (unpaired) electrons. The van der Waals surface area contributed by atoms with Gasteiger partial charge in [-0.1, -0.05) is 49.1 Å². The molecule has 192 valence electrons. The summed E-state index contributed by atoms with van der Waals surface area (Å²) in [4.78, 5) is 15.3. The third kappa shape index (κ3) is 5.37. The number of thiocarbonyl (C=S) groups is 1. The van der Waals surface area contributed by atoms with Crippen LogP contribution in [0.4, 0.5) is 0 Å². The average Bonchev–Trinajstić information content (AvgIpc) is 3.54. The highest BCUT2D eigenvalue weighted by atomic mass is 32.2. The van der Waals surface area contributed by atoms with Crippen LogP contribution in [0.15, 0.2) is 59.6 Å². The monoisotopic (exact) mass is 553 g/mol. The van der Waals surface area contributed by atoms with Gasteiger partial charge in [0.15, 0.2) is 9.84 Å². The van der Waals surface area contributed by atoms with Crippen molar-refractivity contribution in [1.29, 1.82) is 0 Å². The quantitative estimate of drug-likeness (QED) is 0.300. The number of amides is 1. The Labute approximate surface area is 226 Å². The molecule has 1 atom stereocenters. The summed E-state index contributed by atoms with van der Waals surface area (Å²) in [5.74, 6) is 0.617. The minimum atomic E-state index is -3.15. The summed E-state index contributed by atoms with van der Waals surface area (Å²) in [5.41, 5.74) is 4.29. The van der Waals surface area contributed by atoms with E-state index in [0.29, 0.717) is 22.3 Å². The Bertz CT molecular complexity index is 1500. The van der Waals surface area contributed by atoms with Crippen molar-refractivity contribution in [1.82, 2.24) is 14.7 Å². The number of carbonyl (C=O) groups is 1. The van der Waals surface area contributed by atoms with Gasteiger partial charge in [0.05, 0.1) is 34.7 Å². The van der Waals surface area contributed by atoms with Crippen LogP contribution in [0.25, 0.3) is 23.0 Å². The number of aryl methyl sites for hydroxylation is 1. The summed E-state index contributed by atoms with van der Waals surface area (Å²) in [6.07, 6.45) is 5.04. The fraction of sp³-hybridized carbons (Fsp3) is 0.296. The molecule has 3 aromatic rings. The summed E-state index contributed by atoms with van der Waals surface area (Å²) in [6, 6.07) is 15.3. The van der Waals surface area contributed by atoms with Crippen LogP contribution >= 0.6 is 24.0 Å². The van der Waals surface area contributed by atoms with Crippen molar-refractivity contribution in [2.24, 2.45) is 0 Å². The number of aromatic nitrogens is 2. The molecule has 1 amide bonds. The van der Waals surface area contributed by atoms with Crippen molar-refractivity contribution in [2.75, 3.05) is 18.1 Å². The maximum absolute atomic E-state index is 13.4. The molecule has 2 aliphatic heterocycles. The van der Waals surface area contributed by atoms with Crippen molar-refractivity contribution in [3.63, 3.8) is 0 Å². The number of carbonyl (C=O) groups excluding carboxylic acids is 1. The molecule has 1 aromatic heterocycles. The Morgan fingerprint density at radius 2 is 2.00 bits per heavy atom. The molecular weight excluding hydrogens is 527 g/mol. The molecule has 2 saturated heterocycles. The largest absolute Gasteiger partial charge is 0.493 e. The number of hydrogen-bond donors (Lipinski definition) is 0. The highest BCUT2D eigenvalue weighted by molar-refractivity contribution is 8.26. The van der Waals surface area contributed by atoms with Crippen LogP contribution in [0.5, 0.6) is 5.75 Å². The zero-order chi connectivity index (χ0) is 26.2. The zero-order valence-corrected chi connectivity index (χ0v) is 23.0. The predicted octanol–water partition coefficient (Wildman–Crippen LogP) is 5.02. The van der Waals surface area contributed by atoms with Crippen molar-refractivity contribution < 1.29 is 17.9 Å². The van der Waals surface area contributed by atoms with Gasteiger partial charge in [0.25, 0.3) is 5.91 Å². The van der Waals surface area contributed by atoms with Gasteiger partial charge in [-0.2, -0.15) is 5.10 Å². The lowest BCUT2D eigenvalue weighted by Gasteiger charge is -2.20. The first-order valence-corrected chi connectivity index (χ1v) is 15.2. The van der Waals surface area contributed by atoms with E-state index in [-0.39, 0.29) is 17.4 Å². The molecule has 0 saturated carbocycles. The topological polar surface area (TPSA) is 81.5 Å². The van der Waals surface area contributed by atoms with Crippen LogP contribution < -0.4 is 4.74 Å². The second kappa shape index (κ2) is 10.4. The molecule has 2 fully saturated rings. The van der Waals surface area contributed by atoms with E-state index in [2.05, 4.69) is 6.92 Å². The second-order valence-corrected chi connectivity index (χ2v) is 13.1. The molecule has 7 nitrogen and oxygen atoms in total. The lowest BCUT2D eigenvalue weighted by atomic mass is 10.0. The number of thioether (sulfide) groups is 1. The Balaban J connectivity index is 1.53. The predicted molar refractivity (Wildman–Crippen MR) is 152 cm³/mol. The molecule has 0 spiro atoms. The van der Waals surface area contributed by atoms with Gasteiger partial charge in [-0.25, -0.2) is 13.1 Å². The molecule has 5 rings (SSSR count). The van der Waals surface area contributed by atoms with Gasteiger partial charge in [-0.15, -0.1) is 0 Å². The van der Waals surface area contributed by atoms with Crippen LogP contribution in [0.2, 0.25) is 0 Å². The third-order valence-electron chi connectivity index (χ3n) is 6.36. The Kier molecular flexibility index (Phi) is 7.24. The first-order valence-electron chi connectivity index (χ1n) is 12.1. The first kappa shape index (κ1) is 25.7. The molecule has 2 aromatic carbocycles. The summed E-state index contributed by atoms with van der Waals surface area (Å²) in [7, 11) is -3.15. The molecule has 2 aliphatic rings. The van der Waals surface area contributed by atoms with E-state index in [1.807, 2.05) is 61.7 Å². The smallest absolute Gasteiger partial charge is 0.266 e. The highest BCUT2D eigenvalue weighted by Gasteiger charge is 2.42. The van der Waals surface area contributed by atoms with Gasteiger partial charge in [0.2, 0.25) is 0 Å². The lowest BCUT2D eigenvalue weighted by molar-refractivity contribution is -0.123. The number of benzene rings is 2. The van der Waals surface area contributed by atoms with Gasteiger partial charge in [-0.3, -0.25) is 9.69 Å². The molecule has 10 heteroatoms. The number of ether oxygens (including phenoxy) is 1. The maximum Gasteiger partial charge on any atom is 0.266 e. The van der Waals surface area contributed by atoms with E-state index >= 15 is 0 Å². The summed E-state index contributed by atoms with van der Waals surface area (Å²) >= 11 is 6.70. The van der Waals surface area contributed by atoms with E-state index in [9.17, 15) is 13.2 Å². The third-order valence-corrected chi connectivity index (χ3v) is 9.44. The van der Waals surface area contributed by atoms with Crippen molar-refractivity contribution >= 4 is 50.1 Å². The van der Waals surface area contributed by atoms with Gasteiger partial charge >= 0.3 is 0 Å². The Morgan fingerprint density at radius 1 is 1.22 bits per heavy atom. The van der Waals surface area contributed by atoms with Crippen LogP contribution in [-0.2, 0) is 14.6 Å². The number of sulfone groups is 1. The highest BCUT2D eigenvalue weighted by Crippen LogP contribution is 2.38. The zero-order valence-electron chi connectivity index (χ0n) is 20.6. The lowest BCUT2D eigenvalue weighted by Crippen LogP contribution is -2.39. The summed E-state index contributed by atoms with van der Waals surface area (Å²) in [5, 5.41) is 4.87. The van der Waals surface area contributed by atoms with Crippen LogP contribution in [0.3, 0.4) is 0 Å². The Hall–Kier alpha value is -2.95. The van der Waals surface area contributed by atoms with Gasteiger partial charge in [0, 0.05) is 17.3 Å². The fourth-order valence-corrected chi connectivity index (χ4v) is 7.61.